The normalized spacial score (nSPS) is 16.1. The Morgan fingerprint density at radius 1 is 1.44 bits per heavy atom. The van der Waals surface area contributed by atoms with E-state index in [-0.39, 0.29) is 12.6 Å². The zero-order valence-corrected chi connectivity index (χ0v) is 17.0. The highest BCUT2D eigenvalue weighted by Gasteiger charge is 2.22. The number of nitrogens with zero attached hydrogens (tertiary/aromatic N) is 2. The van der Waals surface area contributed by atoms with E-state index in [0.717, 1.165) is 18.4 Å². The lowest BCUT2D eigenvalue weighted by atomic mass is 10.3. The number of ether oxygens (including phenoxy) is 2. The number of hydrogen-bond donors (Lipinski definition) is 2. The molecule has 1 aliphatic heterocycles. The van der Waals surface area contributed by atoms with Crippen LogP contribution in [0.5, 0.6) is 0 Å². The molecule has 3 amide bonds. The minimum absolute atomic E-state index is 0.277. The predicted molar refractivity (Wildman–Crippen MR) is 104 cm³/mol. The van der Waals surface area contributed by atoms with Gasteiger partial charge in [-0.05, 0) is 23.4 Å². The van der Waals surface area contributed by atoms with E-state index in [1.54, 1.807) is 18.5 Å². The third-order valence-electron chi connectivity index (χ3n) is 3.68. The van der Waals surface area contributed by atoms with E-state index in [0.29, 0.717) is 28.3 Å². The third kappa shape index (κ3) is 6.06. The summed E-state index contributed by atoms with van der Waals surface area (Å²) in [6, 6.07) is 1.45. The van der Waals surface area contributed by atoms with Gasteiger partial charge in [-0.1, -0.05) is 11.6 Å². The maximum absolute atomic E-state index is 12.0. The van der Waals surface area contributed by atoms with Gasteiger partial charge in [-0.15, -0.1) is 22.7 Å². The fourth-order valence-electron chi connectivity index (χ4n) is 2.35. The van der Waals surface area contributed by atoms with Crippen LogP contribution in [-0.4, -0.2) is 42.0 Å². The Morgan fingerprint density at radius 3 is 3.00 bits per heavy atom. The SMILES string of the molecule is CN(Cc1csc(NC(=O)NCc2csc(Cl)c2)n1)C(=O)OC1CCCO1. The van der Waals surface area contributed by atoms with Gasteiger partial charge >= 0.3 is 12.1 Å². The number of carbonyl (C=O) groups excluding carboxylic acids is 2. The van der Waals surface area contributed by atoms with Crippen LogP contribution in [0.4, 0.5) is 14.7 Å². The first kappa shape index (κ1) is 19.9. The molecular formula is C16H19ClN4O4S2. The van der Waals surface area contributed by atoms with E-state index in [4.69, 9.17) is 21.1 Å². The molecule has 0 bridgehead atoms. The Bertz CT molecular complexity index is 791. The van der Waals surface area contributed by atoms with Crippen LogP contribution in [0.25, 0.3) is 0 Å². The molecule has 1 aliphatic rings. The summed E-state index contributed by atoms with van der Waals surface area (Å²) in [7, 11) is 1.63. The summed E-state index contributed by atoms with van der Waals surface area (Å²) in [6.45, 7) is 1.27. The lowest BCUT2D eigenvalue weighted by Crippen LogP contribution is -2.30. The number of halogens is 1. The number of amides is 3. The summed E-state index contributed by atoms with van der Waals surface area (Å²) in [6.07, 6.45) is 0.687. The molecule has 1 fully saturated rings. The van der Waals surface area contributed by atoms with Crippen LogP contribution in [0.3, 0.4) is 0 Å². The molecule has 0 aromatic carbocycles. The maximum Gasteiger partial charge on any atom is 0.412 e. The van der Waals surface area contributed by atoms with Gasteiger partial charge in [0.1, 0.15) is 0 Å². The van der Waals surface area contributed by atoms with E-state index >= 15 is 0 Å². The number of urea groups is 1. The zero-order valence-electron chi connectivity index (χ0n) is 14.6. The number of thiazole rings is 1. The fraction of sp³-hybridized carbons (Fsp3) is 0.438. The molecule has 2 aromatic rings. The van der Waals surface area contributed by atoms with Crippen molar-refractivity contribution >= 4 is 51.5 Å². The van der Waals surface area contributed by atoms with Gasteiger partial charge in [0.05, 0.1) is 23.2 Å². The Kier molecular flexibility index (Phi) is 6.89. The maximum atomic E-state index is 12.0. The molecule has 0 saturated carbocycles. The summed E-state index contributed by atoms with van der Waals surface area (Å²) in [5.41, 5.74) is 1.60. The second-order valence-corrected chi connectivity index (χ2v) is 8.29. The summed E-state index contributed by atoms with van der Waals surface area (Å²) >= 11 is 8.56. The molecule has 0 spiro atoms. The molecule has 0 radical (unpaired) electrons. The van der Waals surface area contributed by atoms with Gasteiger partial charge in [0.2, 0.25) is 6.29 Å². The Balaban J connectivity index is 1.43. The standard InChI is InChI=1S/C16H19ClN4O4S2/c1-21(16(23)25-13-3-2-4-24-13)7-11-9-27-15(19-11)20-14(22)18-6-10-5-12(17)26-8-10/h5,8-9,13H,2-4,6-7H2,1H3,(H2,18,19,20,22). The van der Waals surface area contributed by atoms with Crippen molar-refractivity contribution < 1.29 is 19.1 Å². The molecule has 3 rings (SSSR count). The van der Waals surface area contributed by atoms with Crippen molar-refractivity contribution in [2.75, 3.05) is 19.0 Å². The highest BCUT2D eigenvalue weighted by Crippen LogP contribution is 2.20. The molecule has 1 saturated heterocycles. The highest BCUT2D eigenvalue weighted by molar-refractivity contribution is 7.14. The summed E-state index contributed by atoms with van der Waals surface area (Å²) in [4.78, 5) is 29.7. The summed E-state index contributed by atoms with van der Waals surface area (Å²) in [5.74, 6) is 0. The van der Waals surface area contributed by atoms with Crippen molar-refractivity contribution in [2.24, 2.45) is 0 Å². The van der Waals surface area contributed by atoms with Crippen molar-refractivity contribution in [2.45, 2.75) is 32.2 Å². The first-order valence-corrected chi connectivity index (χ1v) is 10.4. The van der Waals surface area contributed by atoms with E-state index in [1.807, 2.05) is 5.38 Å². The lowest BCUT2D eigenvalue weighted by Gasteiger charge is -2.18. The van der Waals surface area contributed by atoms with Gasteiger partial charge in [-0.25, -0.2) is 14.6 Å². The van der Waals surface area contributed by atoms with Crippen molar-refractivity contribution in [3.63, 3.8) is 0 Å². The van der Waals surface area contributed by atoms with Gasteiger partial charge in [0, 0.05) is 25.4 Å². The Morgan fingerprint density at radius 2 is 2.30 bits per heavy atom. The van der Waals surface area contributed by atoms with Gasteiger partial charge in [-0.3, -0.25) is 5.32 Å². The third-order valence-corrected chi connectivity index (χ3v) is 5.62. The number of nitrogens with one attached hydrogen (secondary N) is 2. The van der Waals surface area contributed by atoms with E-state index in [2.05, 4.69) is 15.6 Å². The fourth-order valence-corrected chi connectivity index (χ4v) is 3.96. The van der Waals surface area contributed by atoms with E-state index < -0.39 is 12.4 Å². The molecule has 27 heavy (non-hydrogen) atoms. The van der Waals surface area contributed by atoms with Crippen LogP contribution < -0.4 is 10.6 Å². The van der Waals surface area contributed by atoms with Gasteiger partial charge in [0.25, 0.3) is 0 Å². The number of anilines is 1. The molecule has 1 unspecified atom stereocenters. The number of hydrogen-bond acceptors (Lipinski definition) is 7. The predicted octanol–water partition coefficient (Wildman–Crippen LogP) is 3.88. The van der Waals surface area contributed by atoms with Crippen LogP contribution in [0, 0.1) is 0 Å². The van der Waals surface area contributed by atoms with Gasteiger partial charge in [0.15, 0.2) is 5.13 Å². The first-order chi connectivity index (χ1) is 13.0. The summed E-state index contributed by atoms with van der Waals surface area (Å²) in [5, 5.41) is 9.53. The number of thiophene rings is 1. The van der Waals surface area contributed by atoms with Gasteiger partial charge in [-0.2, -0.15) is 0 Å². The van der Waals surface area contributed by atoms with Crippen LogP contribution in [-0.2, 0) is 22.6 Å². The van der Waals surface area contributed by atoms with Gasteiger partial charge < -0.3 is 19.7 Å². The zero-order chi connectivity index (χ0) is 19.2. The molecule has 1 atom stereocenters. The van der Waals surface area contributed by atoms with Crippen molar-refractivity contribution in [3.05, 3.63) is 32.4 Å². The van der Waals surface area contributed by atoms with Crippen LogP contribution >= 0.6 is 34.3 Å². The second kappa shape index (κ2) is 9.36. The highest BCUT2D eigenvalue weighted by atomic mass is 35.5. The van der Waals surface area contributed by atoms with Crippen LogP contribution in [0.2, 0.25) is 4.34 Å². The number of rotatable bonds is 6. The Hall–Kier alpha value is -1.88. The minimum Gasteiger partial charge on any atom is -0.419 e. The Labute approximate surface area is 169 Å². The molecule has 3 heterocycles. The van der Waals surface area contributed by atoms with E-state index in [1.165, 1.54) is 27.6 Å². The van der Waals surface area contributed by atoms with Crippen LogP contribution in [0.15, 0.2) is 16.8 Å². The van der Waals surface area contributed by atoms with Crippen LogP contribution in [0.1, 0.15) is 24.1 Å². The molecule has 8 nitrogen and oxygen atoms in total. The molecule has 2 aromatic heterocycles. The summed E-state index contributed by atoms with van der Waals surface area (Å²) < 4.78 is 11.2. The number of carbonyl (C=O) groups is 2. The minimum atomic E-state index is -0.464. The topological polar surface area (TPSA) is 92.8 Å². The van der Waals surface area contributed by atoms with Crippen molar-refractivity contribution in [1.29, 1.82) is 0 Å². The molecule has 11 heteroatoms. The lowest BCUT2D eigenvalue weighted by molar-refractivity contribution is -0.0771. The quantitative estimate of drug-likeness (QED) is 0.725. The molecule has 2 N–H and O–H groups in total. The smallest absolute Gasteiger partial charge is 0.412 e. The average molecular weight is 431 g/mol. The monoisotopic (exact) mass is 430 g/mol. The average Bonchev–Trinajstić information content (AvgIpc) is 3.36. The van der Waals surface area contributed by atoms with Crippen molar-refractivity contribution in [1.82, 2.24) is 15.2 Å². The largest absolute Gasteiger partial charge is 0.419 e. The molecule has 146 valence electrons. The first-order valence-electron chi connectivity index (χ1n) is 8.25. The van der Waals surface area contributed by atoms with Crippen molar-refractivity contribution in [3.8, 4) is 0 Å². The number of aromatic nitrogens is 1. The molecular weight excluding hydrogens is 412 g/mol. The van der Waals surface area contributed by atoms with E-state index in [9.17, 15) is 9.59 Å². The second-order valence-electron chi connectivity index (χ2n) is 5.89. The molecule has 0 aliphatic carbocycles.